The Labute approximate surface area is 133 Å². The predicted molar refractivity (Wildman–Crippen MR) is 80.6 cm³/mol. The molecular formula is C14H14ClNO5S. The fourth-order valence-electron chi connectivity index (χ4n) is 1.84. The molecule has 2 rings (SSSR count). The Morgan fingerprint density at radius 2 is 2.09 bits per heavy atom. The van der Waals surface area contributed by atoms with E-state index in [-0.39, 0.29) is 22.0 Å². The summed E-state index contributed by atoms with van der Waals surface area (Å²) in [5.41, 5.74) is -0.137. The van der Waals surface area contributed by atoms with Crippen LogP contribution in [-0.4, -0.2) is 37.4 Å². The van der Waals surface area contributed by atoms with E-state index in [1.54, 1.807) is 12.1 Å². The Bertz CT molecular complexity index is 771. The molecule has 1 N–H and O–H groups in total. The molecule has 0 amide bonds. The highest BCUT2D eigenvalue weighted by atomic mass is 35.5. The summed E-state index contributed by atoms with van der Waals surface area (Å²) >= 11 is 5.91. The van der Waals surface area contributed by atoms with Gasteiger partial charge in [0.15, 0.2) is 0 Å². The first kappa shape index (κ1) is 16.5. The van der Waals surface area contributed by atoms with E-state index in [0.29, 0.717) is 12.2 Å². The van der Waals surface area contributed by atoms with E-state index in [1.807, 2.05) is 0 Å². The molecule has 0 fully saturated rings. The summed E-state index contributed by atoms with van der Waals surface area (Å²) in [7, 11) is -2.48. The van der Waals surface area contributed by atoms with Crippen molar-refractivity contribution < 1.29 is 22.7 Å². The average molecular weight is 344 g/mol. The lowest BCUT2D eigenvalue weighted by atomic mass is 10.2. The van der Waals surface area contributed by atoms with E-state index < -0.39 is 16.0 Å². The molecule has 0 atom stereocenters. The highest BCUT2D eigenvalue weighted by molar-refractivity contribution is 7.89. The fraction of sp³-hybridized carbons (Fsp3) is 0.214. The summed E-state index contributed by atoms with van der Waals surface area (Å²) in [6.07, 6.45) is 1.91. The van der Waals surface area contributed by atoms with Gasteiger partial charge < -0.3 is 9.52 Å². The van der Waals surface area contributed by atoms with Crippen LogP contribution in [0, 0.1) is 0 Å². The number of nitrogens with zero attached hydrogens (tertiary/aromatic N) is 1. The Morgan fingerprint density at radius 3 is 2.68 bits per heavy atom. The van der Waals surface area contributed by atoms with Gasteiger partial charge in [0.1, 0.15) is 10.7 Å². The molecule has 118 valence electrons. The largest absolute Gasteiger partial charge is 0.478 e. The molecule has 0 radical (unpaired) electrons. The maximum Gasteiger partial charge on any atom is 0.335 e. The van der Waals surface area contributed by atoms with Crippen molar-refractivity contribution in [1.29, 1.82) is 0 Å². The molecule has 8 heteroatoms. The summed E-state index contributed by atoms with van der Waals surface area (Å²) in [5.74, 6) is -0.557. The van der Waals surface area contributed by atoms with Crippen LogP contribution in [0.3, 0.4) is 0 Å². The maximum absolute atomic E-state index is 12.5. The van der Waals surface area contributed by atoms with Crippen LogP contribution >= 0.6 is 11.6 Å². The SMILES string of the molecule is CN(CCc1ccco1)S(=O)(=O)c1cc(C(=O)O)ccc1Cl. The zero-order valence-electron chi connectivity index (χ0n) is 11.7. The quantitative estimate of drug-likeness (QED) is 0.870. The van der Waals surface area contributed by atoms with Gasteiger partial charge in [-0.3, -0.25) is 0 Å². The second-order valence-electron chi connectivity index (χ2n) is 4.61. The van der Waals surface area contributed by atoms with Crippen LogP contribution in [0.4, 0.5) is 0 Å². The third-order valence-corrected chi connectivity index (χ3v) is 5.46. The Hall–Kier alpha value is -1.83. The standard InChI is InChI=1S/C14H14ClNO5S/c1-16(7-6-11-3-2-8-21-11)22(19,20)13-9-10(14(17)18)4-5-12(13)15/h2-5,8-9H,6-7H2,1H3,(H,17,18). The van der Waals surface area contributed by atoms with Crippen molar-refractivity contribution in [3.05, 3.63) is 52.9 Å². The third kappa shape index (κ3) is 3.49. The minimum Gasteiger partial charge on any atom is -0.478 e. The Kier molecular flexibility index (Phi) is 4.90. The summed E-state index contributed by atoms with van der Waals surface area (Å²) in [6.45, 7) is 0.184. The first-order chi connectivity index (χ1) is 10.3. The molecule has 0 aliphatic heterocycles. The van der Waals surface area contributed by atoms with Crippen LogP contribution < -0.4 is 0 Å². The van der Waals surface area contributed by atoms with Gasteiger partial charge in [-0.2, -0.15) is 0 Å². The normalized spacial score (nSPS) is 11.8. The topological polar surface area (TPSA) is 87.8 Å². The molecule has 1 heterocycles. The van der Waals surface area contributed by atoms with Crippen molar-refractivity contribution in [3.63, 3.8) is 0 Å². The molecule has 1 aromatic carbocycles. The summed E-state index contributed by atoms with van der Waals surface area (Å²) < 4.78 is 31.3. The van der Waals surface area contributed by atoms with Gasteiger partial charge in [0.05, 0.1) is 16.8 Å². The molecular weight excluding hydrogens is 330 g/mol. The number of carboxylic acid groups (broad SMARTS) is 1. The van der Waals surface area contributed by atoms with Gasteiger partial charge in [0.25, 0.3) is 0 Å². The average Bonchev–Trinajstić information content (AvgIpc) is 2.97. The van der Waals surface area contributed by atoms with E-state index in [1.165, 1.54) is 25.4 Å². The van der Waals surface area contributed by atoms with E-state index in [9.17, 15) is 13.2 Å². The maximum atomic E-state index is 12.5. The molecule has 0 spiro atoms. The molecule has 22 heavy (non-hydrogen) atoms. The highest BCUT2D eigenvalue weighted by Gasteiger charge is 2.25. The number of aromatic carboxylic acids is 1. The molecule has 0 saturated heterocycles. The molecule has 0 unspecified atom stereocenters. The van der Waals surface area contributed by atoms with Crippen molar-refractivity contribution in [3.8, 4) is 0 Å². The molecule has 6 nitrogen and oxygen atoms in total. The lowest BCUT2D eigenvalue weighted by Crippen LogP contribution is -2.29. The minimum absolute atomic E-state index is 0.0187. The predicted octanol–water partition coefficient (Wildman–Crippen LogP) is 2.49. The van der Waals surface area contributed by atoms with Crippen molar-refractivity contribution >= 4 is 27.6 Å². The number of carbonyl (C=O) groups is 1. The van der Waals surface area contributed by atoms with E-state index >= 15 is 0 Å². The van der Waals surface area contributed by atoms with E-state index in [4.69, 9.17) is 21.1 Å². The van der Waals surface area contributed by atoms with Gasteiger partial charge in [-0.05, 0) is 30.3 Å². The van der Waals surface area contributed by atoms with Gasteiger partial charge in [0.2, 0.25) is 10.0 Å². The third-order valence-electron chi connectivity index (χ3n) is 3.12. The number of benzene rings is 1. The van der Waals surface area contributed by atoms with Crippen LogP contribution in [-0.2, 0) is 16.4 Å². The lowest BCUT2D eigenvalue weighted by molar-refractivity contribution is 0.0696. The van der Waals surface area contributed by atoms with Gasteiger partial charge >= 0.3 is 5.97 Å². The number of carboxylic acids is 1. The van der Waals surface area contributed by atoms with Gasteiger partial charge in [-0.15, -0.1) is 0 Å². The number of furan rings is 1. The van der Waals surface area contributed by atoms with Crippen LogP contribution in [0.25, 0.3) is 0 Å². The summed E-state index contributed by atoms with van der Waals surface area (Å²) in [4.78, 5) is 10.8. The van der Waals surface area contributed by atoms with Crippen LogP contribution in [0.2, 0.25) is 5.02 Å². The number of rotatable bonds is 6. The van der Waals surface area contributed by atoms with Crippen molar-refractivity contribution in [2.45, 2.75) is 11.3 Å². The van der Waals surface area contributed by atoms with Gasteiger partial charge in [-0.1, -0.05) is 11.6 Å². The number of likely N-dealkylation sites (N-methyl/N-ethyl adjacent to an activating group) is 1. The lowest BCUT2D eigenvalue weighted by Gasteiger charge is -2.17. The zero-order valence-corrected chi connectivity index (χ0v) is 13.3. The molecule has 0 saturated carbocycles. The molecule has 0 aliphatic rings. The summed E-state index contributed by atoms with van der Waals surface area (Å²) in [5, 5.41) is 8.95. The Morgan fingerprint density at radius 1 is 1.36 bits per heavy atom. The van der Waals surface area contributed by atoms with Crippen molar-refractivity contribution in [2.75, 3.05) is 13.6 Å². The summed E-state index contributed by atoms with van der Waals surface area (Å²) in [6, 6.07) is 7.05. The molecule has 2 aromatic rings. The first-order valence-corrected chi connectivity index (χ1v) is 8.15. The molecule has 1 aromatic heterocycles. The Balaban J connectivity index is 2.25. The first-order valence-electron chi connectivity index (χ1n) is 6.34. The number of hydrogen-bond acceptors (Lipinski definition) is 4. The smallest absolute Gasteiger partial charge is 0.335 e. The second kappa shape index (κ2) is 6.51. The zero-order chi connectivity index (χ0) is 16.3. The number of hydrogen-bond donors (Lipinski definition) is 1. The van der Waals surface area contributed by atoms with Gasteiger partial charge in [-0.25, -0.2) is 17.5 Å². The van der Waals surface area contributed by atoms with Crippen LogP contribution in [0.15, 0.2) is 45.9 Å². The number of sulfonamides is 1. The van der Waals surface area contributed by atoms with Crippen LogP contribution in [0.1, 0.15) is 16.1 Å². The highest BCUT2D eigenvalue weighted by Crippen LogP contribution is 2.25. The second-order valence-corrected chi connectivity index (χ2v) is 7.03. The monoisotopic (exact) mass is 343 g/mol. The van der Waals surface area contributed by atoms with Gasteiger partial charge in [0, 0.05) is 20.0 Å². The van der Waals surface area contributed by atoms with E-state index in [0.717, 1.165) is 10.4 Å². The van der Waals surface area contributed by atoms with Crippen LogP contribution in [0.5, 0.6) is 0 Å². The van der Waals surface area contributed by atoms with E-state index in [2.05, 4.69) is 0 Å². The van der Waals surface area contributed by atoms with Crippen molar-refractivity contribution in [2.24, 2.45) is 0 Å². The minimum atomic E-state index is -3.88. The fourth-order valence-corrected chi connectivity index (χ4v) is 3.51. The molecule has 0 bridgehead atoms. The van der Waals surface area contributed by atoms with Crippen molar-refractivity contribution in [1.82, 2.24) is 4.31 Å². The number of halogens is 1. The molecule has 0 aliphatic carbocycles.